The number of carbonyl (C=O) groups excluding carboxylic acids is 1. The number of pyridine rings is 1. The summed E-state index contributed by atoms with van der Waals surface area (Å²) in [6.07, 6.45) is 3.47. The first-order valence-electron chi connectivity index (χ1n) is 9.68. The van der Waals surface area contributed by atoms with E-state index in [9.17, 15) is 4.79 Å². The van der Waals surface area contributed by atoms with Gasteiger partial charge in [0, 0.05) is 28.7 Å². The van der Waals surface area contributed by atoms with Gasteiger partial charge in [0.15, 0.2) is 11.0 Å². The van der Waals surface area contributed by atoms with Crippen LogP contribution in [0.15, 0.2) is 78.2 Å². The Kier molecular flexibility index (Phi) is 6.34. The molecule has 0 aliphatic carbocycles. The molecule has 2 heterocycles. The number of aromatic nitrogens is 4. The minimum Gasteiger partial charge on any atom is -0.325 e. The number of hydrogen-bond donors (Lipinski definition) is 1. The Morgan fingerprint density at radius 1 is 1.06 bits per heavy atom. The minimum atomic E-state index is -0.399. The van der Waals surface area contributed by atoms with Crippen molar-refractivity contribution in [1.29, 1.82) is 0 Å². The second-order valence-electron chi connectivity index (χ2n) is 6.93. The molecule has 0 saturated carbocycles. The van der Waals surface area contributed by atoms with Gasteiger partial charge in [0.25, 0.3) is 0 Å². The van der Waals surface area contributed by atoms with E-state index in [0.717, 1.165) is 16.8 Å². The molecule has 31 heavy (non-hydrogen) atoms. The lowest BCUT2D eigenvalue weighted by Gasteiger charge is -2.15. The molecule has 0 aliphatic heterocycles. The fraction of sp³-hybridized carbons (Fsp3) is 0.130. The van der Waals surface area contributed by atoms with Crippen molar-refractivity contribution in [3.63, 3.8) is 0 Å². The Hall–Kier alpha value is -3.16. The smallest absolute Gasteiger partial charge is 0.237 e. The predicted molar refractivity (Wildman–Crippen MR) is 125 cm³/mol. The van der Waals surface area contributed by atoms with E-state index >= 15 is 0 Å². The van der Waals surface area contributed by atoms with Crippen LogP contribution in [-0.4, -0.2) is 30.9 Å². The van der Waals surface area contributed by atoms with Crippen LogP contribution < -0.4 is 5.32 Å². The molecule has 4 rings (SSSR count). The van der Waals surface area contributed by atoms with E-state index in [1.807, 2.05) is 54.8 Å². The summed E-state index contributed by atoms with van der Waals surface area (Å²) < 4.78 is 1.98. The molecule has 1 N–H and O–H groups in total. The second kappa shape index (κ2) is 9.32. The van der Waals surface area contributed by atoms with Crippen molar-refractivity contribution >= 4 is 35.0 Å². The van der Waals surface area contributed by atoms with E-state index < -0.39 is 5.25 Å². The van der Waals surface area contributed by atoms with Crippen LogP contribution in [0.4, 0.5) is 5.69 Å². The number of anilines is 1. The number of rotatable bonds is 6. The van der Waals surface area contributed by atoms with Gasteiger partial charge in [-0.05, 0) is 61.9 Å². The zero-order chi connectivity index (χ0) is 21.8. The highest BCUT2D eigenvalue weighted by Crippen LogP contribution is 2.31. The number of halogens is 1. The molecule has 0 spiro atoms. The largest absolute Gasteiger partial charge is 0.325 e. The number of amides is 1. The number of benzene rings is 2. The number of nitrogens with zero attached hydrogens (tertiary/aromatic N) is 4. The standard InChI is InChI=1S/C23H20ClN5OS/c1-15-6-3-4-8-20(15)29-21(17-7-5-13-25-14-17)27-28-23(29)31-16(2)22(30)26-19-11-9-18(24)10-12-19/h3-14,16H,1-2H3,(H,26,30). The van der Waals surface area contributed by atoms with Gasteiger partial charge in [0.05, 0.1) is 10.9 Å². The van der Waals surface area contributed by atoms with Crippen LogP contribution in [0.2, 0.25) is 5.02 Å². The summed E-state index contributed by atoms with van der Waals surface area (Å²) in [5, 5.41) is 12.6. The Morgan fingerprint density at radius 2 is 1.84 bits per heavy atom. The third-order valence-corrected chi connectivity index (χ3v) is 5.97. The normalized spacial score (nSPS) is 11.8. The number of carbonyl (C=O) groups is 1. The molecule has 0 radical (unpaired) electrons. The molecular formula is C23H20ClN5OS. The first kappa shape index (κ1) is 21.1. The van der Waals surface area contributed by atoms with E-state index in [0.29, 0.717) is 21.7 Å². The average Bonchev–Trinajstić information content (AvgIpc) is 3.19. The lowest BCUT2D eigenvalue weighted by Crippen LogP contribution is -2.22. The van der Waals surface area contributed by atoms with E-state index in [2.05, 4.69) is 20.5 Å². The molecule has 0 bridgehead atoms. The van der Waals surface area contributed by atoms with Crippen LogP contribution in [-0.2, 0) is 4.79 Å². The first-order chi connectivity index (χ1) is 15.0. The topological polar surface area (TPSA) is 72.7 Å². The second-order valence-corrected chi connectivity index (χ2v) is 8.67. The van der Waals surface area contributed by atoms with Gasteiger partial charge in [-0.25, -0.2) is 0 Å². The van der Waals surface area contributed by atoms with Crippen LogP contribution in [0.25, 0.3) is 17.1 Å². The van der Waals surface area contributed by atoms with Gasteiger partial charge in [-0.3, -0.25) is 14.3 Å². The van der Waals surface area contributed by atoms with Crippen LogP contribution >= 0.6 is 23.4 Å². The maximum absolute atomic E-state index is 12.8. The molecule has 0 fully saturated rings. The fourth-order valence-corrected chi connectivity index (χ4v) is 4.03. The third-order valence-electron chi connectivity index (χ3n) is 4.67. The average molecular weight is 450 g/mol. The molecule has 2 aromatic carbocycles. The Bertz CT molecular complexity index is 1190. The molecule has 8 heteroatoms. The first-order valence-corrected chi connectivity index (χ1v) is 10.9. The van der Waals surface area contributed by atoms with Gasteiger partial charge in [-0.2, -0.15) is 0 Å². The molecule has 1 unspecified atom stereocenters. The molecule has 156 valence electrons. The van der Waals surface area contributed by atoms with Crippen molar-refractivity contribution in [2.75, 3.05) is 5.32 Å². The number of para-hydroxylation sites is 1. The van der Waals surface area contributed by atoms with E-state index in [4.69, 9.17) is 11.6 Å². The van der Waals surface area contributed by atoms with Gasteiger partial charge in [-0.1, -0.05) is 41.6 Å². The number of aryl methyl sites for hydroxylation is 1. The highest BCUT2D eigenvalue weighted by molar-refractivity contribution is 8.00. The molecular weight excluding hydrogens is 430 g/mol. The van der Waals surface area contributed by atoms with E-state index in [1.54, 1.807) is 36.7 Å². The molecule has 0 saturated heterocycles. The summed E-state index contributed by atoms with van der Waals surface area (Å²) >= 11 is 7.27. The molecule has 1 amide bonds. The summed E-state index contributed by atoms with van der Waals surface area (Å²) in [6, 6.07) is 18.8. The fourth-order valence-electron chi connectivity index (χ4n) is 3.05. The lowest BCUT2D eigenvalue weighted by molar-refractivity contribution is -0.115. The Labute approximate surface area is 189 Å². The van der Waals surface area contributed by atoms with Gasteiger partial charge in [-0.15, -0.1) is 10.2 Å². The quantitative estimate of drug-likeness (QED) is 0.398. The number of thioether (sulfide) groups is 1. The number of nitrogens with one attached hydrogen (secondary N) is 1. The van der Waals surface area contributed by atoms with Crippen molar-refractivity contribution in [2.24, 2.45) is 0 Å². The maximum atomic E-state index is 12.8. The molecule has 1 atom stereocenters. The summed E-state index contributed by atoms with van der Waals surface area (Å²) in [5.41, 5.74) is 3.58. The molecule has 2 aromatic heterocycles. The van der Waals surface area contributed by atoms with Crippen molar-refractivity contribution in [3.05, 3.63) is 83.6 Å². The van der Waals surface area contributed by atoms with Crippen LogP contribution in [0.3, 0.4) is 0 Å². The van der Waals surface area contributed by atoms with Gasteiger partial charge < -0.3 is 5.32 Å². The van der Waals surface area contributed by atoms with E-state index in [-0.39, 0.29) is 5.91 Å². The minimum absolute atomic E-state index is 0.130. The SMILES string of the molecule is Cc1ccccc1-n1c(SC(C)C(=O)Nc2ccc(Cl)cc2)nnc1-c1cccnc1. The summed E-state index contributed by atoms with van der Waals surface area (Å²) in [5.74, 6) is 0.546. The van der Waals surface area contributed by atoms with Gasteiger partial charge in [0.1, 0.15) is 0 Å². The Morgan fingerprint density at radius 3 is 2.55 bits per heavy atom. The molecule has 4 aromatic rings. The van der Waals surface area contributed by atoms with Crippen LogP contribution in [0.1, 0.15) is 12.5 Å². The van der Waals surface area contributed by atoms with Gasteiger partial charge in [0.2, 0.25) is 5.91 Å². The zero-order valence-corrected chi connectivity index (χ0v) is 18.6. The highest BCUT2D eigenvalue weighted by atomic mass is 35.5. The lowest BCUT2D eigenvalue weighted by atomic mass is 10.2. The van der Waals surface area contributed by atoms with E-state index in [1.165, 1.54) is 11.8 Å². The Balaban J connectivity index is 1.65. The summed E-state index contributed by atoms with van der Waals surface area (Å²) in [4.78, 5) is 17.0. The summed E-state index contributed by atoms with van der Waals surface area (Å²) in [6.45, 7) is 3.88. The van der Waals surface area contributed by atoms with Crippen LogP contribution in [0.5, 0.6) is 0 Å². The maximum Gasteiger partial charge on any atom is 0.237 e. The zero-order valence-electron chi connectivity index (χ0n) is 17.0. The molecule has 6 nitrogen and oxygen atoms in total. The van der Waals surface area contributed by atoms with Crippen molar-refractivity contribution < 1.29 is 4.79 Å². The highest BCUT2D eigenvalue weighted by Gasteiger charge is 2.22. The molecule has 0 aliphatic rings. The third kappa shape index (κ3) is 4.78. The van der Waals surface area contributed by atoms with Crippen molar-refractivity contribution in [1.82, 2.24) is 19.7 Å². The van der Waals surface area contributed by atoms with Crippen LogP contribution in [0, 0.1) is 6.92 Å². The summed E-state index contributed by atoms with van der Waals surface area (Å²) in [7, 11) is 0. The predicted octanol–water partition coefficient (Wildman–Crippen LogP) is 5.41. The monoisotopic (exact) mass is 449 g/mol. The number of hydrogen-bond acceptors (Lipinski definition) is 5. The van der Waals surface area contributed by atoms with Gasteiger partial charge >= 0.3 is 0 Å². The van der Waals surface area contributed by atoms with Crippen molar-refractivity contribution in [2.45, 2.75) is 24.3 Å². The van der Waals surface area contributed by atoms with Crippen molar-refractivity contribution in [3.8, 4) is 17.1 Å².